The molecule has 0 aliphatic rings. The van der Waals surface area contributed by atoms with E-state index in [0.717, 1.165) is 19.8 Å². The lowest BCUT2D eigenvalue weighted by atomic mass is 10.1. The van der Waals surface area contributed by atoms with E-state index in [1.165, 1.54) is 0 Å². The van der Waals surface area contributed by atoms with Crippen molar-refractivity contribution in [2.45, 2.75) is 33.2 Å². The van der Waals surface area contributed by atoms with Crippen molar-refractivity contribution in [1.82, 2.24) is 15.2 Å². The molecule has 7 heteroatoms. The molecule has 0 spiro atoms. The van der Waals surface area contributed by atoms with Gasteiger partial charge in [0.25, 0.3) is 5.91 Å². The number of rotatable bonds is 4. The Morgan fingerprint density at radius 2 is 1.83 bits per heavy atom. The van der Waals surface area contributed by atoms with E-state index in [1.807, 2.05) is 39.8 Å². The third kappa shape index (κ3) is 4.39. The number of hydrogen-bond acceptors (Lipinski definition) is 2. The van der Waals surface area contributed by atoms with Gasteiger partial charge in [-0.05, 0) is 71.7 Å². The molecule has 1 aromatic carbocycles. The zero-order valence-electron chi connectivity index (χ0n) is 14.2. The predicted molar refractivity (Wildman–Crippen MR) is 103 cm³/mol. The summed E-state index contributed by atoms with van der Waals surface area (Å²) in [6, 6.07) is 3.81. The number of likely N-dealkylation sites (N-methyl/N-ethyl adjacent to an activating group) is 1. The van der Waals surface area contributed by atoms with Crippen LogP contribution in [0.1, 0.15) is 38.1 Å². The second-order valence-electron chi connectivity index (χ2n) is 6.63. The van der Waals surface area contributed by atoms with Crippen molar-refractivity contribution >= 4 is 54.6 Å². The van der Waals surface area contributed by atoms with E-state index < -0.39 is 0 Å². The van der Waals surface area contributed by atoms with Crippen molar-refractivity contribution in [2.75, 3.05) is 13.1 Å². The smallest absolute Gasteiger partial charge is 0.256 e. The number of H-pyrrole nitrogens is 1. The Morgan fingerprint density at radius 1 is 1.21 bits per heavy atom. The summed E-state index contributed by atoms with van der Waals surface area (Å²) in [4.78, 5) is 29.6. The van der Waals surface area contributed by atoms with Gasteiger partial charge in [-0.3, -0.25) is 9.59 Å². The number of benzene rings is 1. The fourth-order valence-corrected chi connectivity index (χ4v) is 3.11. The molecule has 0 aliphatic heterocycles. The molecule has 0 fully saturated rings. The van der Waals surface area contributed by atoms with E-state index in [4.69, 9.17) is 0 Å². The Hall–Kier alpha value is -1.34. The number of halogens is 2. The number of carbonyl (C=O) groups is 2. The molecule has 1 heterocycles. The lowest BCUT2D eigenvalue weighted by Crippen LogP contribution is -2.47. The van der Waals surface area contributed by atoms with Crippen LogP contribution < -0.4 is 5.32 Å². The standard InChI is InChI=1S/C17H21Br2N3O2/c1-5-22(9-15(23)21-17(2,3)4)16(24)11-8-20-14-7-13(19)12(18)6-10(11)14/h6-8,20H,5,9H2,1-4H3,(H,21,23). The predicted octanol–water partition coefficient (Wildman–Crippen LogP) is 4.07. The molecular formula is C17H21Br2N3O2. The van der Waals surface area contributed by atoms with E-state index in [2.05, 4.69) is 42.2 Å². The van der Waals surface area contributed by atoms with Crippen LogP contribution in [-0.2, 0) is 4.79 Å². The minimum atomic E-state index is -0.322. The lowest BCUT2D eigenvalue weighted by molar-refractivity contribution is -0.123. The van der Waals surface area contributed by atoms with Gasteiger partial charge < -0.3 is 15.2 Å². The average Bonchev–Trinajstić information content (AvgIpc) is 2.85. The molecule has 0 bridgehead atoms. The van der Waals surface area contributed by atoms with E-state index in [0.29, 0.717) is 12.1 Å². The molecule has 2 rings (SSSR count). The third-order valence-electron chi connectivity index (χ3n) is 3.47. The molecule has 1 aromatic heterocycles. The van der Waals surface area contributed by atoms with E-state index in [9.17, 15) is 9.59 Å². The number of carbonyl (C=O) groups excluding carboxylic acids is 2. The number of hydrogen-bond donors (Lipinski definition) is 2. The Balaban J connectivity index is 2.26. The molecule has 0 saturated carbocycles. The molecule has 2 amide bonds. The van der Waals surface area contributed by atoms with Gasteiger partial charge in [0.05, 0.1) is 12.1 Å². The molecule has 0 aliphatic carbocycles. The maximum Gasteiger partial charge on any atom is 0.256 e. The van der Waals surface area contributed by atoms with Crippen molar-refractivity contribution in [1.29, 1.82) is 0 Å². The second-order valence-corrected chi connectivity index (χ2v) is 8.34. The Bertz CT molecular complexity index is 778. The molecule has 2 N–H and O–H groups in total. The van der Waals surface area contributed by atoms with Crippen LogP contribution in [0.15, 0.2) is 27.3 Å². The Labute approximate surface area is 158 Å². The summed E-state index contributed by atoms with van der Waals surface area (Å²) in [5.41, 5.74) is 1.10. The van der Waals surface area contributed by atoms with Crippen molar-refractivity contribution in [2.24, 2.45) is 0 Å². The van der Waals surface area contributed by atoms with Crippen LogP contribution in [0.5, 0.6) is 0 Å². The van der Waals surface area contributed by atoms with E-state index >= 15 is 0 Å². The highest BCUT2D eigenvalue weighted by molar-refractivity contribution is 9.13. The fraction of sp³-hybridized carbons (Fsp3) is 0.412. The highest BCUT2D eigenvalue weighted by Crippen LogP contribution is 2.30. The van der Waals surface area contributed by atoms with Crippen LogP contribution in [0, 0.1) is 0 Å². The molecule has 0 saturated heterocycles. The van der Waals surface area contributed by atoms with Crippen LogP contribution >= 0.6 is 31.9 Å². The first kappa shape index (κ1) is 19.0. The summed E-state index contributed by atoms with van der Waals surface area (Å²) in [7, 11) is 0. The van der Waals surface area contributed by atoms with Gasteiger partial charge in [-0.1, -0.05) is 0 Å². The molecule has 2 aromatic rings. The van der Waals surface area contributed by atoms with Gasteiger partial charge in [0.1, 0.15) is 0 Å². The van der Waals surface area contributed by atoms with Crippen molar-refractivity contribution in [3.8, 4) is 0 Å². The first-order valence-corrected chi connectivity index (χ1v) is 9.27. The molecule has 0 unspecified atom stereocenters. The van der Waals surface area contributed by atoms with Crippen molar-refractivity contribution < 1.29 is 9.59 Å². The number of aromatic amines is 1. The summed E-state index contributed by atoms with van der Waals surface area (Å²) in [5.74, 6) is -0.330. The largest absolute Gasteiger partial charge is 0.360 e. The summed E-state index contributed by atoms with van der Waals surface area (Å²) >= 11 is 6.91. The number of fused-ring (bicyclic) bond motifs is 1. The number of aromatic nitrogens is 1. The monoisotopic (exact) mass is 457 g/mol. The number of nitrogens with zero attached hydrogens (tertiary/aromatic N) is 1. The summed E-state index contributed by atoms with van der Waals surface area (Å²) in [5, 5.41) is 3.71. The van der Waals surface area contributed by atoms with Crippen LogP contribution in [-0.4, -0.2) is 40.3 Å². The summed E-state index contributed by atoms with van der Waals surface area (Å²) < 4.78 is 1.78. The molecule has 0 radical (unpaired) electrons. The van der Waals surface area contributed by atoms with Gasteiger partial charge in [-0.2, -0.15) is 0 Å². The average molecular weight is 459 g/mol. The third-order valence-corrected chi connectivity index (χ3v) is 5.32. The van der Waals surface area contributed by atoms with Crippen LogP contribution in [0.25, 0.3) is 10.9 Å². The first-order valence-electron chi connectivity index (χ1n) is 7.68. The topological polar surface area (TPSA) is 65.2 Å². The Kier molecular flexibility index (Phi) is 5.75. The quantitative estimate of drug-likeness (QED) is 0.725. The highest BCUT2D eigenvalue weighted by atomic mass is 79.9. The van der Waals surface area contributed by atoms with Crippen LogP contribution in [0.4, 0.5) is 0 Å². The maximum absolute atomic E-state index is 12.8. The zero-order chi connectivity index (χ0) is 18.1. The van der Waals surface area contributed by atoms with E-state index in [1.54, 1.807) is 11.1 Å². The van der Waals surface area contributed by atoms with Gasteiger partial charge in [0.2, 0.25) is 5.91 Å². The van der Waals surface area contributed by atoms with Gasteiger partial charge in [0, 0.05) is 38.1 Å². The van der Waals surface area contributed by atoms with Crippen LogP contribution in [0.3, 0.4) is 0 Å². The molecule has 24 heavy (non-hydrogen) atoms. The fourth-order valence-electron chi connectivity index (χ4n) is 2.42. The summed E-state index contributed by atoms with van der Waals surface area (Å²) in [6.07, 6.45) is 1.69. The first-order chi connectivity index (χ1) is 11.1. The van der Waals surface area contributed by atoms with Crippen LogP contribution in [0.2, 0.25) is 0 Å². The van der Waals surface area contributed by atoms with E-state index in [-0.39, 0.29) is 23.9 Å². The summed E-state index contributed by atoms with van der Waals surface area (Å²) in [6.45, 7) is 8.11. The minimum Gasteiger partial charge on any atom is -0.360 e. The lowest BCUT2D eigenvalue weighted by Gasteiger charge is -2.25. The van der Waals surface area contributed by atoms with Gasteiger partial charge in [-0.15, -0.1) is 0 Å². The molecule has 130 valence electrons. The van der Waals surface area contributed by atoms with Crippen molar-refractivity contribution in [3.63, 3.8) is 0 Å². The van der Waals surface area contributed by atoms with Gasteiger partial charge in [-0.25, -0.2) is 0 Å². The minimum absolute atomic E-state index is 0.0387. The van der Waals surface area contributed by atoms with Gasteiger partial charge in [0.15, 0.2) is 0 Å². The molecule has 0 atom stereocenters. The normalized spacial score (nSPS) is 11.6. The number of amides is 2. The second kappa shape index (κ2) is 7.27. The highest BCUT2D eigenvalue weighted by Gasteiger charge is 2.22. The van der Waals surface area contributed by atoms with Crippen molar-refractivity contribution in [3.05, 3.63) is 32.8 Å². The molecular weight excluding hydrogens is 438 g/mol. The Morgan fingerprint density at radius 3 is 2.42 bits per heavy atom. The van der Waals surface area contributed by atoms with Gasteiger partial charge >= 0.3 is 0 Å². The maximum atomic E-state index is 12.8. The SMILES string of the molecule is CCN(CC(=O)NC(C)(C)C)C(=O)c1c[nH]c2cc(Br)c(Br)cc12. The molecule has 5 nitrogen and oxygen atoms in total. The zero-order valence-corrected chi connectivity index (χ0v) is 17.3. The number of nitrogens with one attached hydrogen (secondary N) is 2.